The van der Waals surface area contributed by atoms with Crippen molar-refractivity contribution in [3.63, 3.8) is 0 Å². The summed E-state index contributed by atoms with van der Waals surface area (Å²) in [5, 5.41) is 49.5. The van der Waals surface area contributed by atoms with Gasteiger partial charge in [-0.05, 0) is 55.0 Å². The van der Waals surface area contributed by atoms with Crippen LogP contribution in [-0.2, 0) is 33.2 Å². The molecule has 258 valence electrons. The number of nitrogens with two attached hydrogens (primary N) is 1. The van der Waals surface area contributed by atoms with E-state index in [1.165, 1.54) is 6.07 Å². The van der Waals surface area contributed by atoms with Crippen LogP contribution in [0.15, 0.2) is 42.2 Å². The molecule has 0 bridgehead atoms. The summed E-state index contributed by atoms with van der Waals surface area (Å²) in [7, 11) is 3.21. The Morgan fingerprint density at radius 1 is 1.00 bits per heavy atom. The highest BCUT2D eigenvalue weighted by Gasteiger charge is 2.64. The molecule has 17 heteroatoms. The van der Waals surface area contributed by atoms with E-state index in [1.807, 2.05) is 0 Å². The lowest BCUT2D eigenvalue weighted by Crippen LogP contribution is -2.66. The second-order valence-electron chi connectivity index (χ2n) is 12.3. The van der Waals surface area contributed by atoms with Gasteiger partial charge >= 0.3 is 12.4 Å². The highest BCUT2D eigenvalue weighted by atomic mass is 19.4. The molecule has 2 aromatic rings. The fourth-order valence-corrected chi connectivity index (χ4v) is 6.86. The Hall–Kier alpha value is -4.77. The van der Waals surface area contributed by atoms with Gasteiger partial charge in [0.15, 0.2) is 11.4 Å². The Kier molecular flexibility index (Phi) is 8.23. The molecule has 0 saturated heterocycles. The molecule has 2 aromatic carbocycles. The number of anilines is 3. The smallest absolute Gasteiger partial charge is 0.416 e. The number of aliphatic hydroxyl groups excluding tert-OH is 2. The number of aromatic hydroxyl groups is 1. The molecule has 0 aromatic heterocycles. The van der Waals surface area contributed by atoms with Crippen molar-refractivity contribution in [3.8, 4) is 5.75 Å². The number of fused-ring (bicyclic) bond motifs is 3. The van der Waals surface area contributed by atoms with E-state index in [1.54, 1.807) is 19.0 Å². The minimum atomic E-state index is -5.11. The molecule has 2 fully saturated rings. The third-order valence-electron chi connectivity index (χ3n) is 9.01. The van der Waals surface area contributed by atoms with Crippen LogP contribution in [0.4, 0.5) is 43.4 Å². The molecule has 3 aliphatic carbocycles. The number of hydrogen-bond acceptors (Lipinski definition) is 10. The van der Waals surface area contributed by atoms with E-state index in [9.17, 15) is 61.2 Å². The number of carbonyl (C=O) groups excluding carboxylic acids is 3. The van der Waals surface area contributed by atoms with Crippen LogP contribution in [0.3, 0.4) is 0 Å². The van der Waals surface area contributed by atoms with Crippen molar-refractivity contribution < 1.29 is 61.2 Å². The number of rotatable bonds is 6. The summed E-state index contributed by atoms with van der Waals surface area (Å²) in [4.78, 5) is 40.5. The van der Waals surface area contributed by atoms with Gasteiger partial charge in [0.1, 0.15) is 23.2 Å². The second kappa shape index (κ2) is 11.4. The van der Waals surface area contributed by atoms with Crippen LogP contribution >= 0.6 is 0 Å². The molecule has 2 unspecified atom stereocenters. The lowest BCUT2D eigenvalue weighted by atomic mass is 9.56. The number of primary amides is 1. The van der Waals surface area contributed by atoms with Crippen molar-refractivity contribution in [1.82, 2.24) is 0 Å². The molecule has 5 rings (SSSR count). The Bertz CT molecular complexity index is 1760. The van der Waals surface area contributed by atoms with Crippen LogP contribution in [0.1, 0.15) is 35.1 Å². The second-order valence-corrected chi connectivity index (χ2v) is 12.3. The summed E-state index contributed by atoms with van der Waals surface area (Å²) in [6, 6.07) is 2.18. The predicted octanol–water partition coefficient (Wildman–Crippen LogP) is 3.69. The zero-order valence-electron chi connectivity index (χ0n) is 25.3. The van der Waals surface area contributed by atoms with Gasteiger partial charge in [0.2, 0.25) is 11.7 Å². The zero-order chi connectivity index (χ0) is 35.8. The largest absolute Gasteiger partial charge is 0.507 e. The third-order valence-corrected chi connectivity index (χ3v) is 9.01. The SMILES string of the molecule is C=C(Nc1cc(C(F)(F)F)cc(C(F)(F)F)c1)Nc1cc(N(C)C)c2c(c1O)C(O)=C1C(=O)[C@]3(O)C(=O)C(C(N)=O)C(O)C[C@@H]3C[C@@H]1C2. The highest BCUT2D eigenvalue weighted by molar-refractivity contribution is 6.24. The average Bonchev–Trinajstić information content (AvgIpc) is 2.94. The molecule has 8 N–H and O–H groups in total. The van der Waals surface area contributed by atoms with Crippen LogP contribution in [0.25, 0.3) is 5.76 Å². The summed E-state index contributed by atoms with van der Waals surface area (Å²) < 4.78 is 80.1. The maximum Gasteiger partial charge on any atom is 0.416 e. The number of carbonyl (C=O) groups is 3. The fourth-order valence-electron chi connectivity index (χ4n) is 6.86. The molecule has 2 saturated carbocycles. The lowest BCUT2D eigenvalue weighted by Gasteiger charge is -2.48. The molecule has 0 radical (unpaired) electrons. The van der Waals surface area contributed by atoms with Gasteiger partial charge in [0, 0.05) is 37.0 Å². The number of benzene rings is 2. The van der Waals surface area contributed by atoms with Gasteiger partial charge in [0.05, 0.1) is 28.5 Å². The number of phenolic OH excluding ortho intramolecular Hbond substituents is 1. The summed E-state index contributed by atoms with van der Waals surface area (Å²) in [5.41, 5.74) is -1.61. The number of alkyl halides is 6. The average molecular weight is 685 g/mol. The van der Waals surface area contributed by atoms with Gasteiger partial charge in [-0.2, -0.15) is 26.3 Å². The quantitative estimate of drug-likeness (QED) is 0.135. The number of amides is 1. The first-order chi connectivity index (χ1) is 22.1. The van der Waals surface area contributed by atoms with E-state index in [2.05, 4.69) is 17.2 Å². The van der Waals surface area contributed by atoms with E-state index >= 15 is 0 Å². The van der Waals surface area contributed by atoms with Crippen molar-refractivity contribution in [2.45, 2.75) is 43.3 Å². The maximum absolute atomic E-state index is 13.8. The highest BCUT2D eigenvalue weighted by Crippen LogP contribution is 2.54. The van der Waals surface area contributed by atoms with Crippen molar-refractivity contribution in [2.24, 2.45) is 23.5 Å². The minimum Gasteiger partial charge on any atom is -0.507 e. The van der Waals surface area contributed by atoms with E-state index in [0.29, 0.717) is 23.4 Å². The number of halogens is 6. The third kappa shape index (κ3) is 5.59. The molecule has 0 spiro atoms. The lowest BCUT2D eigenvalue weighted by molar-refractivity contribution is -0.174. The normalized spacial score (nSPS) is 25.5. The van der Waals surface area contributed by atoms with Gasteiger partial charge in [-0.1, -0.05) is 6.58 Å². The van der Waals surface area contributed by atoms with Crippen LogP contribution in [0.2, 0.25) is 0 Å². The van der Waals surface area contributed by atoms with Crippen molar-refractivity contribution in [2.75, 3.05) is 29.6 Å². The number of ketones is 2. The number of nitrogens with zero attached hydrogens (tertiary/aromatic N) is 1. The van der Waals surface area contributed by atoms with Gasteiger partial charge < -0.3 is 41.7 Å². The molecule has 11 nitrogen and oxygen atoms in total. The summed E-state index contributed by atoms with van der Waals surface area (Å²) in [5.74, 6) is -9.48. The Morgan fingerprint density at radius 3 is 2.10 bits per heavy atom. The molecule has 5 atom stereocenters. The Morgan fingerprint density at radius 2 is 1.58 bits per heavy atom. The molecule has 1 amide bonds. The Balaban J connectivity index is 1.55. The molecular weight excluding hydrogens is 654 g/mol. The molecular formula is C31H30F6N4O7. The van der Waals surface area contributed by atoms with Crippen molar-refractivity contribution in [3.05, 3.63) is 64.5 Å². The maximum atomic E-state index is 13.8. The summed E-state index contributed by atoms with van der Waals surface area (Å²) >= 11 is 0. The van der Waals surface area contributed by atoms with Gasteiger partial charge in [-0.15, -0.1) is 0 Å². The number of aliphatic hydroxyl groups is 3. The van der Waals surface area contributed by atoms with Crippen LogP contribution < -0.4 is 21.3 Å². The standard InChI is InChI=1S/C31H30F6N4O7/c1-11(39-16-7-14(30(32,33)34)6-15(8-16)31(35,36)37)40-18-10-19(41(2)3)17-5-12-4-13-9-20(42)23(28(38)47)27(46)29(13,48)26(45)21(12)25(44)22(17)24(18)43/h6-8,10,12-13,20,23,39-40,42-44,48H,1,4-5,9H2,2-3H3,(H2,38,47)/t12-,13+,20?,23?,29+/m1/s1. The van der Waals surface area contributed by atoms with Gasteiger partial charge in [-0.3, -0.25) is 14.4 Å². The van der Waals surface area contributed by atoms with Gasteiger partial charge in [-0.25, -0.2) is 0 Å². The van der Waals surface area contributed by atoms with Crippen LogP contribution in [0.5, 0.6) is 5.75 Å². The topological polar surface area (TPSA) is 185 Å². The number of nitrogens with one attached hydrogen (secondary N) is 2. The summed E-state index contributed by atoms with van der Waals surface area (Å²) in [6.45, 7) is 3.58. The zero-order valence-corrected chi connectivity index (χ0v) is 25.3. The van der Waals surface area contributed by atoms with Gasteiger partial charge in [0.25, 0.3) is 0 Å². The van der Waals surface area contributed by atoms with E-state index < -0.39 is 99.0 Å². The van der Waals surface area contributed by atoms with Crippen LogP contribution in [-0.4, -0.2) is 63.7 Å². The van der Waals surface area contributed by atoms with Crippen molar-refractivity contribution >= 4 is 40.3 Å². The molecule has 3 aliphatic rings. The molecule has 0 aliphatic heterocycles. The Labute approximate surface area is 268 Å². The molecule has 48 heavy (non-hydrogen) atoms. The first-order valence-corrected chi connectivity index (χ1v) is 14.4. The van der Waals surface area contributed by atoms with Crippen LogP contribution in [0, 0.1) is 17.8 Å². The monoisotopic (exact) mass is 684 g/mol. The fraction of sp³-hybridized carbons (Fsp3) is 0.387. The first-order valence-electron chi connectivity index (χ1n) is 14.4. The summed E-state index contributed by atoms with van der Waals surface area (Å²) in [6.07, 6.45) is -12.1. The number of phenols is 1. The minimum absolute atomic E-state index is 0.00157. The first kappa shape index (κ1) is 34.6. The predicted molar refractivity (Wildman–Crippen MR) is 158 cm³/mol. The molecule has 0 heterocycles. The number of hydrogen-bond donors (Lipinski definition) is 7. The van der Waals surface area contributed by atoms with E-state index in [4.69, 9.17) is 5.73 Å². The number of Topliss-reactive ketones (excluding diaryl/α,β-unsaturated/α-hetero) is 2. The van der Waals surface area contributed by atoms with E-state index in [0.717, 1.165) is 0 Å². The van der Waals surface area contributed by atoms with Crippen molar-refractivity contribution in [1.29, 1.82) is 0 Å². The van der Waals surface area contributed by atoms with E-state index in [-0.39, 0.29) is 36.6 Å².